The van der Waals surface area contributed by atoms with E-state index in [-0.39, 0.29) is 5.97 Å². The van der Waals surface area contributed by atoms with Crippen LogP contribution in [0.5, 0.6) is 0 Å². The highest BCUT2D eigenvalue weighted by Gasteiger charge is 2.40. The number of morpholine rings is 1. The fraction of sp³-hybridized carbons (Fsp3) is 0.571. The molecule has 3 fully saturated rings. The van der Waals surface area contributed by atoms with Crippen LogP contribution in [-0.4, -0.2) is 52.4 Å². The van der Waals surface area contributed by atoms with Crippen molar-refractivity contribution in [2.24, 2.45) is 0 Å². The summed E-state index contributed by atoms with van der Waals surface area (Å²) in [4.78, 5) is 23.8. The van der Waals surface area contributed by atoms with Gasteiger partial charge in [0.15, 0.2) is 5.69 Å². The lowest BCUT2D eigenvalue weighted by molar-refractivity contribution is 0.0492. The zero-order chi connectivity index (χ0) is 19.1. The number of unbranched alkanes of at least 4 members (excludes halogenated alkanes) is 1. The van der Waals surface area contributed by atoms with Gasteiger partial charge in [0.1, 0.15) is 0 Å². The molecule has 2 aromatic rings. The number of esters is 1. The fourth-order valence-electron chi connectivity index (χ4n) is 4.11. The number of nitrogens with zero attached hydrogens (tertiary/aromatic N) is 4. The predicted molar refractivity (Wildman–Crippen MR) is 104 cm³/mol. The lowest BCUT2D eigenvalue weighted by atomic mass is 10.2. The summed E-state index contributed by atoms with van der Waals surface area (Å²) >= 11 is 0. The van der Waals surface area contributed by atoms with Gasteiger partial charge < -0.3 is 18.9 Å². The zero-order valence-corrected chi connectivity index (χ0v) is 16.2. The van der Waals surface area contributed by atoms with Crippen LogP contribution in [0.2, 0.25) is 0 Å². The molecule has 1 saturated carbocycles. The Balaban J connectivity index is 1.48. The second kappa shape index (κ2) is 7.20. The van der Waals surface area contributed by atoms with Crippen molar-refractivity contribution in [3.8, 4) is 5.69 Å². The van der Waals surface area contributed by atoms with Crippen molar-refractivity contribution >= 4 is 11.7 Å². The largest absolute Gasteiger partial charge is 0.461 e. The molecule has 2 saturated heterocycles. The third-order valence-electron chi connectivity index (χ3n) is 5.89. The zero-order valence-electron chi connectivity index (χ0n) is 16.2. The van der Waals surface area contributed by atoms with Gasteiger partial charge in [-0.1, -0.05) is 13.3 Å². The molecule has 2 aliphatic heterocycles. The van der Waals surface area contributed by atoms with Gasteiger partial charge in [0.2, 0.25) is 0 Å². The highest BCUT2D eigenvalue weighted by molar-refractivity contribution is 5.89. The Morgan fingerprint density at radius 1 is 1.32 bits per heavy atom. The number of hydrogen-bond donors (Lipinski definition) is 0. The van der Waals surface area contributed by atoms with E-state index in [9.17, 15) is 4.79 Å². The van der Waals surface area contributed by atoms with E-state index in [0.717, 1.165) is 49.5 Å². The van der Waals surface area contributed by atoms with Crippen molar-refractivity contribution in [3.05, 3.63) is 36.2 Å². The molecule has 2 bridgehead atoms. The first-order valence-corrected chi connectivity index (χ1v) is 10.3. The van der Waals surface area contributed by atoms with Crippen molar-refractivity contribution in [1.29, 1.82) is 0 Å². The van der Waals surface area contributed by atoms with E-state index < -0.39 is 0 Å². The summed E-state index contributed by atoms with van der Waals surface area (Å²) in [7, 11) is 0. The van der Waals surface area contributed by atoms with Crippen LogP contribution in [0.1, 0.15) is 61.1 Å². The van der Waals surface area contributed by atoms with Crippen molar-refractivity contribution in [3.63, 3.8) is 0 Å². The molecular formula is C21H26N4O3. The average Bonchev–Trinajstić information content (AvgIpc) is 3.13. The van der Waals surface area contributed by atoms with Gasteiger partial charge in [-0.15, -0.1) is 0 Å². The maximum atomic E-state index is 12.4. The Morgan fingerprint density at radius 3 is 2.93 bits per heavy atom. The maximum absolute atomic E-state index is 12.4. The molecule has 0 aromatic carbocycles. The first-order chi connectivity index (χ1) is 13.7. The summed E-state index contributed by atoms with van der Waals surface area (Å²) < 4.78 is 13.2. The molecule has 7 nitrogen and oxygen atoms in total. The number of hydrogen-bond acceptors (Lipinski definition) is 6. The van der Waals surface area contributed by atoms with E-state index in [4.69, 9.17) is 9.47 Å². The number of carbonyl (C=O) groups excluding carboxylic acids is 1. The molecule has 5 rings (SSSR count). The van der Waals surface area contributed by atoms with Crippen molar-refractivity contribution < 1.29 is 14.3 Å². The summed E-state index contributed by atoms with van der Waals surface area (Å²) in [5, 5.41) is 0. The molecule has 2 aromatic heterocycles. The van der Waals surface area contributed by atoms with Gasteiger partial charge in [-0.25, -0.2) is 14.8 Å². The first kappa shape index (κ1) is 17.7. The second-order valence-corrected chi connectivity index (χ2v) is 8.03. The second-order valence-electron chi connectivity index (χ2n) is 8.03. The van der Waals surface area contributed by atoms with Crippen LogP contribution < -0.4 is 4.90 Å². The number of pyridine rings is 1. The maximum Gasteiger partial charge on any atom is 0.356 e. The number of anilines is 1. The number of aromatic nitrogens is 3. The minimum atomic E-state index is -0.366. The van der Waals surface area contributed by atoms with Crippen molar-refractivity contribution in [2.75, 3.05) is 24.7 Å². The smallest absolute Gasteiger partial charge is 0.356 e. The molecular weight excluding hydrogens is 356 g/mol. The van der Waals surface area contributed by atoms with Crippen LogP contribution in [0.25, 0.3) is 5.69 Å². The molecule has 148 valence electrons. The standard InChI is InChI=1S/C21H26N4O3/c1-2-3-6-27-21(26)17-8-19(24-11-18(23-13-24)14-4-5-14)20(9-22-17)25-10-16-7-15(25)12-28-16/h8-9,11,13-16H,2-7,10,12H2,1H3/t15-,16-/m0/s1. The SMILES string of the molecule is CCCCOC(=O)c1cc(-n2cnc(C3CC3)c2)c(N2C[C@@H]3C[C@H]2CO3)cn1. The Labute approximate surface area is 164 Å². The highest BCUT2D eigenvalue weighted by Crippen LogP contribution is 2.40. The van der Waals surface area contributed by atoms with E-state index >= 15 is 0 Å². The van der Waals surface area contributed by atoms with Crippen LogP contribution in [0.15, 0.2) is 24.8 Å². The van der Waals surface area contributed by atoms with Crippen molar-refractivity contribution in [1.82, 2.24) is 14.5 Å². The van der Waals surface area contributed by atoms with E-state index in [1.807, 2.05) is 23.2 Å². The fourth-order valence-corrected chi connectivity index (χ4v) is 4.11. The van der Waals surface area contributed by atoms with Crippen LogP contribution in [-0.2, 0) is 9.47 Å². The monoisotopic (exact) mass is 382 g/mol. The molecule has 28 heavy (non-hydrogen) atoms. The van der Waals surface area contributed by atoms with E-state index in [1.54, 1.807) is 0 Å². The number of carbonyl (C=O) groups is 1. The molecule has 3 aliphatic rings. The highest BCUT2D eigenvalue weighted by atomic mass is 16.5. The Kier molecular flexibility index (Phi) is 4.55. The van der Waals surface area contributed by atoms with Gasteiger partial charge in [-0.05, 0) is 31.7 Å². The normalized spacial score (nSPS) is 23.4. The molecule has 1 aliphatic carbocycles. The van der Waals surface area contributed by atoms with Crippen LogP contribution in [0, 0.1) is 0 Å². The molecule has 0 spiro atoms. The first-order valence-electron chi connectivity index (χ1n) is 10.3. The van der Waals surface area contributed by atoms with E-state index in [2.05, 4.69) is 28.0 Å². The summed E-state index contributed by atoms with van der Waals surface area (Å²) in [6.07, 6.45) is 11.4. The number of imidazole rings is 1. The van der Waals surface area contributed by atoms with Crippen molar-refractivity contribution in [2.45, 2.75) is 57.1 Å². The summed E-state index contributed by atoms with van der Waals surface area (Å²) in [5.41, 5.74) is 3.43. The molecule has 0 radical (unpaired) electrons. The Hall–Kier alpha value is -2.41. The number of ether oxygens (including phenoxy) is 2. The average molecular weight is 382 g/mol. The van der Waals surface area contributed by atoms with Crippen LogP contribution in [0.3, 0.4) is 0 Å². The third-order valence-corrected chi connectivity index (χ3v) is 5.89. The van der Waals surface area contributed by atoms with Gasteiger partial charge in [0, 0.05) is 18.7 Å². The summed E-state index contributed by atoms with van der Waals surface area (Å²) in [6.45, 7) is 4.12. The summed E-state index contributed by atoms with van der Waals surface area (Å²) in [5.74, 6) is 0.219. The van der Waals surface area contributed by atoms with Gasteiger partial charge in [-0.3, -0.25) is 0 Å². The van der Waals surface area contributed by atoms with Crippen LogP contribution in [0.4, 0.5) is 5.69 Å². The lowest BCUT2D eigenvalue weighted by Crippen LogP contribution is -2.37. The molecule has 7 heteroatoms. The molecule has 0 unspecified atom stereocenters. The van der Waals surface area contributed by atoms with Gasteiger partial charge >= 0.3 is 5.97 Å². The van der Waals surface area contributed by atoms with E-state index in [1.165, 1.54) is 12.8 Å². The molecule has 0 N–H and O–H groups in total. The molecule has 2 atom stereocenters. The number of fused-ring (bicyclic) bond motifs is 2. The van der Waals surface area contributed by atoms with E-state index in [0.29, 0.717) is 30.4 Å². The summed E-state index contributed by atoms with van der Waals surface area (Å²) in [6, 6.07) is 2.22. The van der Waals surface area contributed by atoms with Gasteiger partial charge in [-0.2, -0.15) is 0 Å². The quantitative estimate of drug-likeness (QED) is 0.541. The topological polar surface area (TPSA) is 69.5 Å². The van der Waals surface area contributed by atoms with Gasteiger partial charge in [0.25, 0.3) is 0 Å². The minimum Gasteiger partial charge on any atom is -0.461 e. The minimum absolute atomic E-state index is 0.293. The predicted octanol–water partition coefficient (Wildman–Crippen LogP) is 3.08. The third kappa shape index (κ3) is 3.28. The van der Waals surface area contributed by atoms with Crippen LogP contribution >= 0.6 is 0 Å². The Morgan fingerprint density at radius 2 is 2.21 bits per heavy atom. The van der Waals surface area contributed by atoms with Gasteiger partial charge in [0.05, 0.1) is 55.0 Å². The Bertz CT molecular complexity index is 876. The number of rotatable bonds is 7. The lowest BCUT2D eigenvalue weighted by Gasteiger charge is -2.30. The molecule has 0 amide bonds. The molecule has 4 heterocycles.